The van der Waals surface area contributed by atoms with E-state index >= 15 is 0 Å². The maximum Gasteiger partial charge on any atom is 0.407 e. The van der Waals surface area contributed by atoms with Crippen LogP contribution in [-0.2, 0) is 9.47 Å². The first-order chi connectivity index (χ1) is 9.74. The molecule has 1 heterocycles. The minimum Gasteiger partial charge on any atom is -0.444 e. The largest absolute Gasteiger partial charge is 0.444 e. The van der Waals surface area contributed by atoms with E-state index in [4.69, 9.17) is 15.2 Å². The fourth-order valence-electron chi connectivity index (χ4n) is 2.30. The smallest absolute Gasteiger partial charge is 0.407 e. The van der Waals surface area contributed by atoms with Crippen LogP contribution in [0.25, 0.3) is 0 Å². The maximum absolute atomic E-state index is 11.5. The Bertz CT molecular complexity index is 323. The number of amides is 1. The summed E-state index contributed by atoms with van der Waals surface area (Å²) in [7, 11) is 0. The number of carbonyl (C=O) groups excluding carboxylic acids is 1. The molecule has 6 heteroatoms. The first-order valence-electron chi connectivity index (χ1n) is 7.78. The molecule has 0 aromatic carbocycles. The molecular formula is C15H31N3O3. The SMILES string of the molecule is CC(C)(C)OC(=O)NCCC(CN)NCC1(C)CCCO1. The molecule has 4 N–H and O–H groups in total. The van der Waals surface area contributed by atoms with Crippen LogP contribution in [0.1, 0.15) is 47.0 Å². The van der Waals surface area contributed by atoms with Gasteiger partial charge in [0.15, 0.2) is 0 Å². The summed E-state index contributed by atoms with van der Waals surface area (Å²) in [6.07, 6.45) is 2.58. The standard InChI is InChI=1S/C15H31N3O3/c1-14(2,3)21-13(19)17-8-6-12(10-16)18-11-15(4)7-5-9-20-15/h12,18H,5-11,16H2,1-4H3,(H,17,19). The third-order valence-electron chi connectivity index (χ3n) is 3.51. The molecular weight excluding hydrogens is 270 g/mol. The van der Waals surface area contributed by atoms with Gasteiger partial charge in [0.05, 0.1) is 5.60 Å². The Hall–Kier alpha value is -0.850. The maximum atomic E-state index is 11.5. The highest BCUT2D eigenvalue weighted by Gasteiger charge is 2.29. The monoisotopic (exact) mass is 301 g/mol. The Labute approximate surface area is 128 Å². The van der Waals surface area contributed by atoms with Crippen LogP contribution in [0.2, 0.25) is 0 Å². The lowest BCUT2D eigenvalue weighted by atomic mass is 10.0. The number of alkyl carbamates (subject to hydrolysis) is 1. The Balaban J connectivity index is 2.20. The lowest BCUT2D eigenvalue weighted by Crippen LogP contribution is -2.46. The van der Waals surface area contributed by atoms with Gasteiger partial charge in [0.25, 0.3) is 0 Å². The molecule has 1 saturated heterocycles. The van der Waals surface area contributed by atoms with E-state index in [1.54, 1.807) is 0 Å². The van der Waals surface area contributed by atoms with Crippen molar-refractivity contribution in [1.29, 1.82) is 0 Å². The Morgan fingerprint density at radius 2 is 2.19 bits per heavy atom. The Morgan fingerprint density at radius 3 is 2.71 bits per heavy atom. The lowest BCUT2D eigenvalue weighted by Gasteiger charge is -2.27. The highest BCUT2D eigenvalue weighted by molar-refractivity contribution is 5.67. The number of carbonyl (C=O) groups is 1. The van der Waals surface area contributed by atoms with Gasteiger partial charge >= 0.3 is 6.09 Å². The van der Waals surface area contributed by atoms with E-state index in [0.717, 1.165) is 32.4 Å². The van der Waals surface area contributed by atoms with Crippen LogP contribution in [0, 0.1) is 0 Å². The van der Waals surface area contributed by atoms with E-state index in [1.165, 1.54) is 0 Å². The zero-order chi connectivity index (χ0) is 15.9. The third kappa shape index (κ3) is 7.64. The average molecular weight is 301 g/mol. The van der Waals surface area contributed by atoms with Crippen molar-refractivity contribution in [2.75, 3.05) is 26.2 Å². The summed E-state index contributed by atoms with van der Waals surface area (Å²) in [6, 6.07) is 0.168. The molecule has 0 aliphatic carbocycles. The number of rotatable bonds is 7. The fraction of sp³-hybridized carbons (Fsp3) is 0.933. The predicted octanol–water partition coefficient (Wildman–Crippen LogP) is 1.39. The van der Waals surface area contributed by atoms with E-state index in [9.17, 15) is 4.79 Å². The summed E-state index contributed by atoms with van der Waals surface area (Å²) in [5, 5.41) is 6.19. The molecule has 1 aliphatic heterocycles. The molecule has 0 aromatic rings. The van der Waals surface area contributed by atoms with Gasteiger partial charge in [-0.05, 0) is 47.0 Å². The minimum atomic E-state index is -0.468. The molecule has 1 rings (SSSR count). The van der Waals surface area contributed by atoms with Crippen LogP contribution >= 0.6 is 0 Å². The molecule has 0 spiro atoms. The van der Waals surface area contributed by atoms with Gasteiger partial charge in [-0.2, -0.15) is 0 Å². The first kappa shape index (κ1) is 18.2. The molecule has 0 radical (unpaired) electrons. The van der Waals surface area contributed by atoms with Crippen molar-refractivity contribution in [2.24, 2.45) is 5.73 Å². The molecule has 1 fully saturated rings. The van der Waals surface area contributed by atoms with E-state index in [-0.39, 0.29) is 17.7 Å². The van der Waals surface area contributed by atoms with Gasteiger partial charge in [-0.3, -0.25) is 0 Å². The molecule has 6 nitrogen and oxygen atoms in total. The van der Waals surface area contributed by atoms with Gasteiger partial charge in [0.1, 0.15) is 5.60 Å². The topological polar surface area (TPSA) is 85.6 Å². The number of hydrogen-bond acceptors (Lipinski definition) is 5. The summed E-state index contributed by atoms with van der Waals surface area (Å²) < 4.78 is 10.9. The third-order valence-corrected chi connectivity index (χ3v) is 3.51. The fourth-order valence-corrected chi connectivity index (χ4v) is 2.30. The summed E-state index contributed by atoms with van der Waals surface area (Å²) >= 11 is 0. The van der Waals surface area contributed by atoms with Crippen molar-refractivity contribution in [1.82, 2.24) is 10.6 Å². The van der Waals surface area contributed by atoms with E-state index in [1.807, 2.05) is 20.8 Å². The van der Waals surface area contributed by atoms with Gasteiger partial charge in [0, 0.05) is 32.3 Å². The molecule has 124 valence electrons. The van der Waals surface area contributed by atoms with Crippen LogP contribution in [0.5, 0.6) is 0 Å². The molecule has 0 bridgehead atoms. The van der Waals surface area contributed by atoms with Crippen LogP contribution in [0.15, 0.2) is 0 Å². The summed E-state index contributed by atoms with van der Waals surface area (Å²) in [6.45, 7) is 10.4. The Morgan fingerprint density at radius 1 is 1.48 bits per heavy atom. The number of nitrogens with two attached hydrogens (primary N) is 1. The van der Waals surface area contributed by atoms with Crippen LogP contribution < -0.4 is 16.4 Å². The zero-order valence-corrected chi connectivity index (χ0v) is 13.8. The average Bonchev–Trinajstić information content (AvgIpc) is 2.78. The van der Waals surface area contributed by atoms with Crippen LogP contribution in [0.3, 0.4) is 0 Å². The van der Waals surface area contributed by atoms with E-state index < -0.39 is 5.60 Å². The van der Waals surface area contributed by atoms with Crippen molar-refractivity contribution < 1.29 is 14.3 Å². The van der Waals surface area contributed by atoms with Gasteiger partial charge in [0.2, 0.25) is 0 Å². The second kappa shape index (κ2) is 7.96. The normalized spacial score (nSPS) is 23.9. The Kier molecular flexibility index (Phi) is 6.90. The molecule has 1 amide bonds. The summed E-state index contributed by atoms with van der Waals surface area (Å²) in [5.41, 5.74) is 5.23. The van der Waals surface area contributed by atoms with E-state index in [2.05, 4.69) is 17.6 Å². The predicted molar refractivity (Wildman–Crippen MR) is 83.3 cm³/mol. The summed E-state index contributed by atoms with van der Waals surface area (Å²) in [5.74, 6) is 0. The van der Waals surface area contributed by atoms with Crippen molar-refractivity contribution in [3.8, 4) is 0 Å². The molecule has 21 heavy (non-hydrogen) atoms. The zero-order valence-electron chi connectivity index (χ0n) is 13.8. The second-order valence-corrected chi connectivity index (χ2v) is 6.93. The summed E-state index contributed by atoms with van der Waals surface area (Å²) in [4.78, 5) is 11.5. The van der Waals surface area contributed by atoms with Gasteiger partial charge in [-0.15, -0.1) is 0 Å². The van der Waals surface area contributed by atoms with Crippen molar-refractivity contribution in [3.63, 3.8) is 0 Å². The van der Waals surface area contributed by atoms with Gasteiger partial charge < -0.3 is 25.8 Å². The van der Waals surface area contributed by atoms with E-state index in [0.29, 0.717) is 13.1 Å². The molecule has 1 aliphatic rings. The lowest BCUT2D eigenvalue weighted by molar-refractivity contribution is 0.0186. The molecule has 2 unspecified atom stereocenters. The second-order valence-electron chi connectivity index (χ2n) is 6.93. The van der Waals surface area contributed by atoms with Crippen LogP contribution in [0.4, 0.5) is 4.79 Å². The highest BCUT2D eigenvalue weighted by atomic mass is 16.6. The molecule has 2 atom stereocenters. The number of ether oxygens (including phenoxy) is 2. The van der Waals surface area contributed by atoms with Crippen molar-refractivity contribution >= 4 is 6.09 Å². The van der Waals surface area contributed by atoms with Crippen LogP contribution in [-0.4, -0.2) is 49.6 Å². The minimum absolute atomic E-state index is 0.0774. The van der Waals surface area contributed by atoms with Crippen molar-refractivity contribution in [3.05, 3.63) is 0 Å². The van der Waals surface area contributed by atoms with Crippen molar-refractivity contribution in [2.45, 2.75) is 64.2 Å². The molecule has 0 aromatic heterocycles. The number of nitrogens with one attached hydrogen (secondary N) is 2. The first-order valence-corrected chi connectivity index (χ1v) is 7.78. The highest BCUT2D eigenvalue weighted by Crippen LogP contribution is 2.24. The van der Waals surface area contributed by atoms with Gasteiger partial charge in [-0.1, -0.05) is 0 Å². The van der Waals surface area contributed by atoms with Gasteiger partial charge in [-0.25, -0.2) is 4.79 Å². The number of hydrogen-bond donors (Lipinski definition) is 3. The quantitative estimate of drug-likeness (QED) is 0.661. The molecule has 0 saturated carbocycles.